The number of carboxylic acids is 1. The van der Waals surface area contributed by atoms with Gasteiger partial charge in [0.2, 0.25) is 0 Å². The molecule has 0 radical (unpaired) electrons. The minimum Gasteiger partial charge on any atom is -0.545 e. The van der Waals surface area contributed by atoms with Crippen LogP contribution >= 0.6 is 0 Å². The first-order valence-corrected chi connectivity index (χ1v) is 15.8. The number of amides is 1. The van der Waals surface area contributed by atoms with Gasteiger partial charge in [-0.05, 0) is 95.4 Å². The number of carboxylic acid groups (broad SMARTS) is 1. The highest BCUT2D eigenvalue weighted by Gasteiger charge is 2.19. The molecule has 6 rings (SSSR count). The largest absolute Gasteiger partial charge is 0.545 e. The highest BCUT2D eigenvalue weighted by Crippen LogP contribution is 2.37. The van der Waals surface area contributed by atoms with Crippen molar-refractivity contribution >= 4 is 56.1 Å². The number of nitrogens with one attached hydrogen (secondary N) is 1. The second-order valence-electron chi connectivity index (χ2n) is 12.1. The zero-order chi connectivity index (χ0) is 32.4. The van der Waals surface area contributed by atoms with E-state index in [0.29, 0.717) is 35.9 Å². The smallest absolute Gasteiger partial charge is 0.251 e. The van der Waals surface area contributed by atoms with Gasteiger partial charge in [-0.1, -0.05) is 96.1 Å². The molecule has 6 aromatic carbocycles. The first kappa shape index (κ1) is 30.7. The number of hydrogen-bond donors (Lipinski definition) is 1. The molecule has 0 unspecified atom stereocenters. The van der Waals surface area contributed by atoms with Crippen LogP contribution in [0.3, 0.4) is 0 Å². The van der Waals surface area contributed by atoms with E-state index in [4.69, 9.17) is 0 Å². The first-order chi connectivity index (χ1) is 22.2. The van der Waals surface area contributed by atoms with Gasteiger partial charge in [0.1, 0.15) is 0 Å². The van der Waals surface area contributed by atoms with E-state index < -0.39 is 5.97 Å². The SMILES string of the molecule is C/C=c1\c(C(=O)NCCc2cccc(C)c2)ccc2c1cc1ccc(C(=O)CCCc3cccc(C)c3)c3c(C(=O)[O-])ccc2c13. The molecule has 0 bridgehead atoms. The fourth-order valence-corrected chi connectivity index (χ4v) is 6.70. The van der Waals surface area contributed by atoms with Gasteiger partial charge in [-0.3, -0.25) is 9.59 Å². The van der Waals surface area contributed by atoms with Gasteiger partial charge >= 0.3 is 0 Å². The molecule has 46 heavy (non-hydrogen) atoms. The molecule has 1 N–H and O–H groups in total. The molecule has 0 spiro atoms. The third kappa shape index (κ3) is 6.01. The molecule has 1 amide bonds. The monoisotopic (exact) mass is 606 g/mol. The molecule has 5 nitrogen and oxygen atoms in total. The van der Waals surface area contributed by atoms with E-state index in [1.54, 1.807) is 12.1 Å². The Morgan fingerprint density at radius 2 is 1.35 bits per heavy atom. The molecule has 0 atom stereocenters. The summed E-state index contributed by atoms with van der Waals surface area (Å²) in [5, 5.41) is 20.8. The zero-order valence-electron chi connectivity index (χ0n) is 26.4. The third-order valence-corrected chi connectivity index (χ3v) is 8.86. The Morgan fingerprint density at radius 3 is 2.02 bits per heavy atom. The summed E-state index contributed by atoms with van der Waals surface area (Å²) in [5.74, 6) is -1.56. The zero-order valence-corrected chi connectivity index (χ0v) is 26.4. The van der Waals surface area contributed by atoms with Crippen molar-refractivity contribution in [2.45, 2.75) is 46.5 Å². The van der Waals surface area contributed by atoms with Gasteiger partial charge in [-0.25, -0.2) is 0 Å². The molecule has 5 heteroatoms. The van der Waals surface area contributed by atoms with E-state index in [-0.39, 0.29) is 17.3 Å². The van der Waals surface area contributed by atoms with Crippen molar-refractivity contribution in [3.8, 4) is 0 Å². The lowest BCUT2D eigenvalue weighted by Gasteiger charge is -2.18. The van der Waals surface area contributed by atoms with E-state index in [0.717, 1.165) is 45.0 Å². The van der Waals surface area contributed by atoms with Crippen LogP contribution in [-0.4, -0.2) is 24.2 Å². The average Bonchev–Trinajstić information content (AvgIpc) is 3.04. The van der Waals surface area contributed by atoms with Crippen molar-refractivity contribution in [2.24, 2.45) is 0 Å². The Morgan fingerprint density at radius 1 is 0.696 bits per heavy atom. The molecular formula is C41H36NO4-. The molecule has 0 saturated heterocycles. The van der Waals surface area contributed by atoms with Gasteiger partial charge in [-0.2, -0.15) is 0 Å². The van der Waals surface area contributed by atoms with Gasteiger partial charge in [0.15, 0.2) is 5.78 Å². The molecule has 0 saturated carbocycles. The van der Waals surface area contributed by atoms with Gasteiger partial charge in [-0.15, -0.1) is 0 Å². The van der Waals surface area contributed by atoms with Crippen molar-refractivity contribution in [3.63, 3.8) is 0 Å². The number of Topliss-reactive ketones (excluding diaryl/α,β-unsaturated/α-hetero) is 1. The van der Waals surface area contributed by atoms with Gasteiger partial charge in [0.25, 0.3) is 5.91 Å². The van der Waals surface area contributed by atoms with Crippen LogP contribution in [-0.2, 0) is 12.8 Å². The van der Waals surface area contributed by atoms with Crippen LogP contribution in [0.25, 0.3) is 38.4 Å². The second kappa shape index (κ2) is 13.0. The van der Waals surface area contributed by atoms with Crippen LogP contribution < -0.4 is 15.6 Å². The molecule has 0 aliphatic heterocycles. The molecular weight excluding hydrogens is 570 g/mol. The Labute approximate surface area is 268 Å². The van der Waals surface area contributed by atoms with Crippen molar-refractivity contribution in [1.29, 1.82) is 0 Å². The summed E-state index contributed by atoms with van der Waals surface area (Å²) in [6.45, 7) is 6.53. The summed E-state index contributed by atoms with van der Waals surface area (Å²) >= 11 is 0. The quantitative estimate of drug-likeness (QED) is 0.105. The van der Waals surface area contributed by atoms with Crippen molar-refractivity contribution in [3.05, 3.63) is 135 Å². The number of hydrogen-bond acceptors (Lipinski definition) is 4. The minimum absolute atomic E-state index is 0.00590. The van der Waals surface area contributed by atoms with Crippen LogP contribution in [0, 0.1) is 13.8 Å². The number of rotatable bonds is 10. The number of carbonyl (C=O) groups is 3. The number of fused-ring (bicyclic) bond motifs is 2. The fraction of sp³-hybridized carbons (Fsp3) is 0.195. The first-order valence-electron chi connectivity index (χ1n) is 15.8. The Hall–Kier alpha value is -5.29. The maximum Gasteiger partial charge on any atom is 0.251 e. The molecule has 0 aromatic heterocycles. The van der Waals surface area contributed by atoms with Crippen molar-refractivity contribution in [1.82, 2.24) is 5.32 Å². The topological polar surface area (TPSA) is 86.3 Å². The fourth-order valence-electron chi connectivity index (χ4n) is 6.70. The van der Waals surface area contributed by atoms with E-state index in [1.807, 2.05) is 62.4 Å². The third-order valence-electron chi connectivity index (χ3n) is 8.86. The lowest BCUT2D eigenvalue weighted by molar-refractivity contribution is -0.254. The van der Waals surface area contributed by atoms with Gasteiger partial charge in [0.05, 0.1) is 5.97 Å². The van der Waals surface area contributed by atoms with Crippen LogP contribution in [0.4, 0.5) is 0 Å². The lowest BCUT2D eigenvalue weighted by atomic mass is 9.87. The average molecular weight is 607 g/mol. The summed E-state index contributed by atoms with van der Waals surface area (Å²) in [7, 11) is 0. The Balaban J connectivity index is 1.36. The molecule has 0 heterocycles. The molecule has 0 aliphatic rings. The second-order valence-corrected chi connectivity index (χ2v) is 12.1. The standard InChI is InChI=1S/C41H37NO4/c1-4-30-33(40(44)42-21-20-28-11-6-9-26(3)23-28)18-16-31-32-17-19-35(41(45)46)39-34(15-14-29(38(32)39)24-36(30)31)37(43)13-7-12-27-10-5-8-25(2)22-27/h4-6,8-11,14-19,22-24H,7,12-13,20-21H2,1-3H3,(H,42,44)(H,45,46)/p-1/b30-4+. The summed E-state index contributed by atoms with van der Waals surface area (Å²) in [5.41, 5.74) is 5.69. The maximum absolute atomic E-state index is 13.6. The molecule has 0 aliphatic carbocycles. The van der Waals surface area contributed by atoms with Crippen molar-refractivity contribution < 1.29 is 19.5 Å². The van der Waals surface area contributed by atoms with Crippen LogP contribution in [0.15, 0.2) is 91.0 Å². The van der Waals surface area contributed by atoms with E-state index in [2.05, 4.69) is 42.6 Å². The molecule has 230 valence electrons. The summed E-state index contributed by atoms with van der Waals surface area (Å²) in [4.78, 5) is 39.3. The van der Waals surface area contributed by atoms with E-state index in [1.165, 1.54) is 28.3 Å². The number of ketones is 1. The van der Waals surface area contributed by atoms with Crippen LogP contribution in [0.2, 0.25) is 0 Å². The number of carbonyl (C=O) groups excluding carboxylic acids is 3. The summed E-state index contributed by atoms with van der Waals surface area (Å²) in [6.07, 6.45) is 4.40. The predicted molar refractivity (Wildman–Crippen MR) is 184 cm³/mol. The molecule has 0 fully saturated rings. The predicted octanol–water partition coefficient (Wildman–Crippen LogP) is 6.82. The van der Waals surface area contributed by atoms with E-state index in [9.17, 15) is 19.5 Å². The van der Waals surface area contributed by atoms with E-state index >= 15 is 0 Å². The summed E-state index contributed by atoms with van der Waals surface area (Å²) in [6, 6.07) is 29.2. The minimum atomic E-state index is -1.32. The molecule has 6 aromatic rings. The highest BCUT2D eigenvalue weighted by molar-refractivity contribution is 6.28. The van der Waals surface area contributed by atoms with Crippen LogP contribution in [0.1, 0.15) is 73.1 Å². The van der Waals surface area contributed by atoms with Gasteiger partial charge < -0.3 is 15.2 Å². The normalized spacial score (nSPS) is 11.8. The number of aromatic carboxylic acids is 1. The number of aryl methyl sites for hydroxylation is 3. The maximum atomic E-state index is 13.6. The number of benzene rings is 6. The Kier molecular flexibility index (Phi) is 8.67. The van der Waals surface area contributed by atoms with Crippen LogP contribution in [0.5, 0.6) is 0 Å². The van der Waals surface area contributed by atoms with Crippen molar-refractivity contribution in [2.75, 3.05) is 6.54 Å². The Bertz CT molecular complexity index is 2210. The van der Waals surface area contributed by atoms with Gasteiger partial charge in [0, 0.05) is 35.0 Å². The highest BCUT2D eigenvalue weighted by atomic mass is 16.4. The lowest BCUT2D eigenvalue weighted by Crippen LogP contribution is -2.30. The summed E-state index contributed by atoms with van der Waals surface area (Å²) < 4.78 is 0.